The van der Waals surface area contributed by atoms with Gasteiger partial charge in [-0.05, 0) is 30.7 Å². The summed E-state index contributed by atoms with van der Waals surface area (Å²) in [5, 5.41) is 3.18. The van der Waals surface area contributed by atoms with Crippen LogP contribution in [0.2, 0.25) is 5.15 Å². The number of carbonyl (C=O) groups is 1. The molecule has 0 fully saturated rings. The van der Waals surface area contributed by atoms with E-state index >= 15 is 0 Å². The number of pyridine rings is 2. The Hall–Kier alpha value is -2.14. The second kappa shape index (κ2) is 6.54. The third kappa shape index (κ3) is 3.70. The van der Waals surface area contributed by atoms with Gasteiger partial charge >= 0.3 is 0 Å². The van der Waals surface area contributed by atoms with Gasteiger partial charge < -0.3 is 10.2 Å². The molecule has 1 N–H and O–H groups in total. The Morgan fingerprint density at radius 2 is 2.14 bits per heavy atom. The van der Waals surface area contributed by atoms with Gasteiger partial charge in [0.1, 0.15) is 5.15 Å². The van der Waals surface area contributed by atoms with Crippen molar-refractivity contribution < 1.29 is 4.79 Å². The van der Waals surface area contributed by atoms with E-state index in [4.69, 9.17) is 11.6 Å². The third-order valence-electron chi connectivity index (χ3n) is 2.93. The maximum atomic E-state index is 12.4. The molecule has 0 aliphatic rings. The number of nitrogens with zero attached hydrogens (tertiary/aromatic N) is 3. The highest BCUT2D eigenvalue weighted by atomic mass is 35.5. The topological polar surface area (TPSA) is 58.1 Å². The van der Waals surface area contributed by atoms with Crippen molar-refractivity contribution in [3.63, 3.8) is 0 Å². The van der Waals surface area contributed by atoms with Crippen molar-refractivity contribution in [3.8, 4) is 0 Å². The summed E-state index contributed by atoms with van der Waals surface area (Å²) in [4.78, 5) is 22.6. The molecule has 0 saturated carbocycles. The molecule has 1 amide bonds. The number of carbonyl (C=O) groups excluding carboxylic acids is 1. The van der Waals surface area contributed by atoms with Crippen molar-refractivity contribution in [1.82, 2.24) is 9.97 Å². The Bertz CT molecular complexity index is 658. The standard InChI is InChI=1S/C15H17ClN4O/c1-4-11-8-10(9-13(16)18-11)15(21)19-12-6-5-7-17-14(12)20(2)3/h5-9H,4H2,1-3H3,(H,19,21). The van der Waals surface area contributed by atoms with Gasteiger partial charge in [0.2, 0.25) is 0 Å². The molecular weight excluding hydrogens is 288 g/mol. The molecule has 0 aliphatic carbocycles. The van der Waals surface area contributed by atoms with Crippen LogP contribution < -0.4 is 10.2 Å². The first-order chi connectivity index (χ1) is 10.0. The van der Waals surface area contributed by atoms with Crippen LogP contribution in [0.1, 0.15) is 23.0 Å². The summed E-state index contributed by atoms with van der Waals surface area (Å²) in [5.41, 5.74) is 1.92. The molecule has 0 aromatic carbocycles. The first-order valence-corrected chi connectivity index (χ1v) is 6.99. The van der Waals surface area contributed by atoms with Crippen molar-refractivity contribution in [2.24, 2.45) is 0 Å². The molecule has 2 aromatic rings. The molecule has 0 radical (unpaired) electrons. The average molecular weight is 305 g/mol. The Labute approximate surface area is 129 Å². The van der Waals surface area contributed by atoms with E-state index in [9.17, 15) is 4.79 Å². The minimum absolute atomic E-state index is 0.231. The zero-order valence-electron chi connectivity index (χ0n) is 12.2. The minimum Gasteiger partial charge on any atom is -0.361 e. The van der Waals surface area contributed by atoms with E-state index in [1.165, 1.54) is 0 Å². The van der Waals surface area contributed by atoms with Gasteiger partial charge in [0.05, 0.1) is 5.69 Å². The summed E-state index contributed by atoms with van der Waals surface area (Å²) in [6, 6.07) is 6.89. The van der Waals surface area contributed by atoms with Crippen molar-refractivity contribution >= 4 is 29.0 Å². The highest BCUT2D eigenvalue weighted by molar-refractivity contribution is 6.29. The first kappa shape index (κ1) is 15.3. The van der Waals surface area contributed by atoms with Gasteiger partial charge in [-0.3, -0.25) is 4.79 Å². The predicted octanol–water partition coefficient (Wildman–Crippen LogP) is 3.01. The lowest BCUT2D eigenvalue weighted by Crippen LogP contribution is -2.18. The van der Waals surface area contributed by atoms with Gasteiger partial charge in [-0.25, -0.2) is 9.97 Å². The minimum atomic E-state index is -0.231. The van der Waals surface area contributed by atoms with Gasteiger partial charge in [0, 0.05) is 31.5 Å². The lowest BCUT2D eigenvalue weighted by molar-refractivity contribution is 0.102. The third-order valence-corrected chi connectivity index (χ3v) is 3.12. The number of aromatic nitrogens is 2. The molecule has 2 heterocycles. The van der Waals surface area contributed by atoms with Gasteiger partial charge in [-0.1, -0.05) is 18.5 Å². The summed E-state index contributed by atoms with van der Waals surface area (Å²) in [6.45, 7) is 1.96. The molecule has 0 spiro atoms. The van der Waals surface area contributed by atoms with Crippen LogP contribution in [0.3, 0.4) is 0 Å². The summed E-state index contributed by atoms with van der Waals surface area (Å²) in [5.74, 6) is 0.465. The largest absolute Gasteiger partial charge is 0.361 e. The first-order valence-electron chi connectivity index (χ1n) is 6.61. The van der Waals surface area contributed by atoms with Crippen LogP contribution in [0.4, 0.5) is 11.5 Å². The molecule has 0 saturated heterocycles. The molecule has 0 unspecified atom stereocenters. The van der Waals surface area contributed by atoms with Crippen molar-refractivity contribution in [2.45, 2.75) is 13.3 Å². The Morgan fingerprint density at radius 3 is 2.81 bits per heavy atom. The van der Waals surface area contributed by atoms with E-state index < -0.39 is 0 Å². The zero-order valence-corrected chi connectivity index (χ0v) is 13.0. The molecule has 0 bridgehead atoms. The maximum Gasteiger partial charge on any atom is 0.255 e. The Balaban J connectivity index is 2.28. The van der Waals surface area contributed by atoms with Gasteiger partial charge in [-0.15, -0.1) is 0 Å². The molecule has 110 valence electrons. The highest BCUT2D eigenvalue weighted by Gasteiger charge is 2.12. The molecule has 0 aliphatic heterocycles. The molecule has 2 rings (SSSR count). The summed E-state index contributed by atoms with van der Waals surface area (Å²) in [7, 11) is 3.74. The normalized spacial score (nSPS) is 10.3. The molecule has 0 atom stereocenters. The lowest BCUT2D eigenvalue weighted by Gasteiger charge is -2.16. The fourth-order valence-corrected chi connectivity index (χ4v) is 2.13. The SMILES string of the molecule is CCc1cc(C(=O)Nc2cccnc2N(C)C)cc(Cl)n1. The predicted molar refractivity (Wildman–Crippen MR) is 85.1 cm³/mol. The molecule has 5 nitrogen and oxygen atoms in total. The molecule has 2 aromatic heterocycles. The molecular formula is C15H17ClN4O. The number of halogens is 1. The Kier molecular flexibility index (Phi) is 4.75. The van der Waals surface area contributed by atoms with E-state index in [2.05, 4.69) is 15.3 Å². The number of hydrogen-bond acceptors (Lipinski definition) is 4. The zero-order chi connectivity index (χ0) is 15.4. The van der Waals surface area contributed by atoms with E-state index in [0.29, 0.717) is 22.2 Å². The van der Waals surface area contributed by atoms with E-state index in [1.54, 1.807) is 24.4 Å². The monoisotopic (exact) mass is 304 g/mol. The number of nitrogens with one attached hydrogen (secondary N) is 1. The van der Waals surface area contributed by atoms with Crippen LogP contribution in [-0.4, -0.2) is 30.0 Å². The van der Waals surface area contributed by atoms with Crippen LogP contribution in [0.15, 0.2) is 30.5 Å². The molecule has 6 heteroatoms. The van der Waals surface area contributed by atoms with Crippen molar-refractivity contribution in [3.05, 3.63) is 46.9 Å². The van der Waals surface area contributed by atoms with E-state index in [0.717, 1.165) is 12.1 Å². The number of anilines is 2. The van der Waals surface area contributed by atoms with E-state index in [-0.39, 0.29) is 5.91 Å². The van der Waals surface area contributed by atoms with Crippen LogP contribution in [-0.2, 0) is 6.42 Å². The number of hydrogen-bond donors (Lipinski definition) is 1. The summed E-state index contributed by atoms with van der Waals surface area (Å²) in [6.07, 6.45) is 2.40. The number of rotatable bonds is 4. The average Bonchev–Trinajstić information content (AvgIpc) is 2.46. The van der Waals surface area contributed by atoms with Crippen molar-refractivity contribution in [2.75, 3.05) is 24.3 Å². The summed E-state index contributed by atoms with van der Waals surface area (Å²) < 4.78 is 0. The number of aryl methyl sites for hydroxylation is 1. The second-order valence-electron chi connectivity index (χ2n) is 4.75. The Morgan fingerprint density at radius 1 is 1.38 bits per heavy atom. The lowest BCUT2D eigenvalue weighted by atomic mass is 10.2. The maximum absolute atomic E-state index is 12.4. The number of amides is 1. The van der Waals surface area contributed by atoms with Crippen LogP contribution >= 0.6 is 11.6 Å². The summed E-state index contributed by atoms with van der Waals surface area (Å²) >= 11 is 5.95. The van der Waals surface area contributed by atoms with Crippen LogP contribution in [0.5, 0.6) is 0 Å². The molecule has 21 heavy (non-hydrogen) atoms. The fraction of sp³-hybridized carbons (Fsp3) is 0.267. The highest BCUT2D eigenvalue weighted by Crippen LogP contribution is 2.21. The van der Waals surface area contributed by atoms with Gasteiger partial charge in [0.15, 0.2) is 5.82 Å². The van der Waals surface area contributed by atoms with Crippen molar-refractivity contribution in [1.29, 1.82) is 0 Å². The van der Waals surface area contributed by atoms with Crippen LogP contribution in [0, 0.1) is 0 Å². The van der Waals surface area contributed by atoms with E-state index in [1.807, 2.05) is 32.0 Å². The smallest absolute Gasteiger partial charge is 0.255 e. The quantitative estimate of drug-likeness (QED) is 0.882. The van der Waals surface area contributed by atoms with Gasteiger partial charge in [0.25, 0.3) is 5.91 Å². The fourth-order valence-electron chi connectivity index (χ4n) is 1.91. The second-order valence-corrected chi connectivity index (χ2v) is 5.13. The van der Waals surface area contributed by atoms with Gasteiger partial charge in [-0.2, -0.15) is 0 Å². The van der Waals surface area contributed by atoms with Crippen LogP contribution in [0.25, 0.3) is 0 Å².